The molecule has 1 amide bonds. The molecule has 0 N–H and O–H groups in total. The van der Waals surface area contributed by atoms with E-state index in [9.17, 15) is 13.6 Å². The van der Waals surface area contributed by atoms with E-state index < -0.39 is 17.6 Å². The largest absolute Gasteiger partial charge is 0.484 e. The van der Waals surface area contributed by atoms with Crippen LogP contribution in [0.3, 0.4) is 0 Å². The molecule has 0 spiro atoms. The van der Waals surface area contributed by atoms with Crippen LogP contribution in [0.25, 0.3) is 0 Å². The van der Waals surface area contributed by atoms with Crippen molar-refractivity contribution in [2.75, 3.05) is 0 Å². The molecule has 0 bridgehead atoms. The molecule has 2 aromatic heterocycles. The Labute approximate surface area is 200 Å². The van der Waals surface area contributed by atoms with Crippen LogP contribution in [0.4, 0.5) is 8.78 Å². The Morgan fingerprint density at radius 2 is 2.00 bits per heavy atom. The molecule has 0 fully saturated rings. The van der Waals surface area contributed by atoms with Gasteiger partial charge in [0.25, 0.3) is 12.3 Å². The van der Waals surface area contributed by atoms with Gasteiger partial charge in [0, 0.05) is 10.6 Å². The first-order valence-corrected chi connectivity index (χ1v) is 11.3. The van der Waals surface area contributed by atoms with E-state index in [4.69, 9.17) is 32.4 Å². The van der Waals surface area contributed by atoms with Gasteiger partial charge in [-0.1, -0.05) is 35.0 Å². The van der Waals surface area contributed by atoms with Gasteiger partial charge in [0.2, 0.25) is 0 Å². The molecule has 6 nitrogen and oxygen atoms in total. The van der Waals surface area contributed by atoms with Gasteiger partial charge in [-0.15, -0.1) is 0 Å². The third kappa shape index (κ3) is 4.16. The summed E-state index contributed by atoms with van der Waals surface area (Å²) in [5.74, 6) is 0.849. The number of ether oxygens (including phenoxy) is 1. The van der Waals surface area contributed by atoms with Crippen molar-refractivity contribution >= 4 is 52.4 Å². The van der Waals surface area contributed by atoms with Crippen molar-refractivity contribution in [1.29, 1.82) is 0 Å². The molecule has 0 saturated carbocycles. The predicted octanol–water partition coefficient (Wildman–Crippen LogP) is 6.06. The van der Waals surface area contributed by atoms with Gasteiger partial charge in [0.1, 0.15) is 34.1 Å². The lowest BCUT2D eigenvalue weighted by atomic mass is 10.0. The van der Waals surface area contributed by atoms with Crippen LogP contribution in [0.5, 0.6) is 5.75 Å². The average molecular weight is 508 g/mol. The molecule has 1 unspecified atom stereocenters. The van der Waals surface area contributed by atoms with Crippen LogP contribution in [0.2, 0.25) is 10.0 Å². The molecule has 11 heteroatoms. The van der Waals surface area contributed by atoms with Gasteiger partial charge in [-0.3, -0.25) is 4.79 Å². The number of furan rings is 1. The van der Waals surface area contributed by atoms with Crippen molar-refractivity contribution in [2.24, 2.45) is 9.98 Å². The Kier molecular flexibility index (Phi) is 5.72. The lowest BCUT2D eigenvalue weighted by Gasteiger charge is -2.13. The summed E-state index contributed by atoms with van der Waals surface area (Å²) in [4.78, 5) is 25.3. The summed E-state index contributed by atoms with van der Waals surface area (Å²) in [6, 6.07) is 9.50. The topological polar surface area (TPSA) is 77.1 Å². The molecule has 33 heavy (non-hydrogen) atoms. The van der Waals surface area contributed by atoms with Crippen molar-refractivity contribution in [2.45, 2.75) is 30.2 Å². The summed E-state index contributed by atoms with van der Waals surface area (Å²) in [5, 5.41) is 0.498. The highest BCUT2D eigenvalue weighted by molar-refractivity contribution is 8.02. The van der Waals surface area contributed by atoms with Crippen LogP contribution in [-0.4, -0.2) is 27.7 Å². The Hall–Kier alpha value is -2.75. The normalized spacial score (nSPS) is 17.0. The molecular formula is C22H13Cl2F2N3O3S. The first-order chi connectivity index (χ1) is 15.8. The number of carbonyl (C=O) groups excluding carboxylic acids is 1. The van der Waals surface area contributed by atoms with Crippen LogP contribution in [0.1, 0.15) is 34.8 Å². The van der Waals surface area contributed by atoms with Crippen LogP contribution in [-0.2, 0) is 11.4 Å². The second-order valence-electron chi connectivity index (χ2n) is 7.24. The molecule has 2 aliphatic rings. The molecule has 0 aliphatic carbocycles. The fourth-order valence-corrected chi connectivity index (χ4v) is 5.15. The number of rotatable bonds is 5. The molecule has 2 aliphatic heterocycles. The Morgan fingerprint density at radius 3 is 2.76 bits per heavy atom. The number of thioether (sulfide) groups is 1. The Bertz CT molecular complexity index is 1360. The first-order valence-electron chi connectivity index (χ1n) is 9.65. The molecule has 5 rings (SSSR count). The van der Waals surface area contributed by atoms with Crippen LogP contribution >= 0.6 is 35.0 Å². The number of aliphatic imine (C=N–C) groups is 2. The second kappa shape index (κ2) is 8.55. The molecule has 0 saturated heterocycles. The van der Waals surface area contributed by atoms with Crippen molar-refractivity contribution in [3.05, 3.63) is 74.8 Å². The number of aryl methyl sites for hydroxylation is 1. The van der Waals surface area contributed by atoms with E-state index in [-0.39, 0.29) is 23.9 Å². The highest BCUT2D eigenvalue weighted by atomic mass is 35.5. The number of amides is 1. The SMILES string of the molecule is Cc1cc(C(F)F)nc2c1C1=NC(c3ccc(COc4ccc(Cl)cc4Cl)o3)=NC(=O)C1S2. The summed E-state index contributed by atoms with van der Waals surface area (Å²) in [7, 11) is 0. The number of pyridine rings is 1. The van der Waals surface area contributed by atoms with E-state index in [1.54, 1.807) is 37.3 Å². The number of fused-ring (bicyclic) bond motifs is 3. The first kappa shape index (κ1) is 22.1. The van der Waals surface area contributed by atoms with Crippen molar-refractivity contribution in [3.63, 3.8) is 0 Å². The van der Waals surface area contributed by atoms with Crippen LogP contribution < -0.4 is 4.74 Å². The zero-order valence-corrected chi connectivity index (χ0v) is 19.1. The number of carbonyl (C=O) groups is 1. The maximum Gasteiger partial charge on any atom is 0.280 e. The molecule has 168 valence electrons. The standard InChI is InChI=1S/C22H13Cl2F2N3O3S/c1-9-6-13(19(25)26)27-22-16(9)17-18(33-22)21(30)29-20(28-17)15-5-3-11(32-15)8-31-14-4-2-10(23)7-12(14)24/h2-7,18-19H,8H2,1H3. The number of halogens is 4. The highest BCUT2D eigenvalue weighted by Gasteiger charge is 2.40. The smallest absolute Gasteiger partial charge is 0.280 e. The fraction of sp³-hybridized carbons (Fsp3) is 0.182. The Morgan fingerprint density at radius 1 is 1.18 bits per heavy atom. The predicted molar refractivity (Wildman–Crippen MR) is 121 cm³/mol. The third-order valence-corrected chi connectivity index (χ3v) is 6.68. The number of nitrogens with zero attached hydrogens (tertiary/aromatic N) is 3. The minimum absolute atomic E-state index is 0.0832. The van der Waals surface area contributed by atoms with Crippen molar-refractivity contribution in [1.82, 2.24) is 4.98 Å². The molecule has 0 radical (unpaired) electrons. The van der Waals surface area contributed by atoms with E-state index >= 15 is 0 Å². The van der Waals surface area contributed by atoms with Gasteiger partial charge in [0.15, 0.2) is 11.6 Å². The number of aromatic nitrogens is 1. The molecule has 3 aromatic rings. The Balaban J connectivity index is 1.40. The van der Waals surface area contributed by atoms with Gasteiger partial charge < -0.3 is 9.15 Å². The zero-order valence-electron chi connectivity index (χ0n) is 16.8. The number of benzene rings is 1. The van der Waals surface area contributed by atoms with Gasteiger partial charge in [0.05, 0.1) is 10.7 Å². The minimum atomic E-state index is -2.70. The quantitative estimate of drug-likeness (QED) is 0.419. The van der Waals surface area contributed by atoms with E-state index in [0.29, 0.717) is 43.4 Å². The summed E-state index contributed by atoms with van der Waals surface area (Å²) >= 11 is 13.1. The van der Waals surface area contributed by atoms with Crippen LogP contribution in [0.15, 0.2) is 55.8 Å². The van der Waals surface area contributed by atoms with E-state index in [1.807, 2.05) is 0 Å². The number of hydrogen-bond acceptors (Lipinski definition) is 6. The second-order valence-corrected chi connectivity index (χ2v) is 9.18. The van der Waals surface area contributed by atoms with Gasteiger partial charge >= 0.3 is 0 Å². The minimum Gasteiger partial charge on any atom is -0.484 e. The fourth-order valence-electron chi connectivity index (χ4n) is 3.49. The van der Waals surface area contributed by atoms with E-state index in [0.717, 1.165) is 11.8 Å². The number of hydrogen-bond donors (Lipinski definition) is 0. The van der Waals surface area contributed by atoms with E-state index in [1.165, 1.54) is 6.07 Å². The van der Waals surface area contributed by atoms with Gasteiger partial charge in [-0.2, -0.15) is 4.99 Å². The third-order valence-electron chi connectivity index (χ3n) is 4.97. The number of amidine groups is 1. The summed E-state index contributed by atoms with van der Waals surface area (Å²) < 4.78 is 37.7. The lowest BCUT2D eigenvalue weighted by molar-refractivity contribution is -0.116. The monoisotopic (exact) mass is 507 g/mol. The molecule has 1 atom stereocenters. The van der Waals surface area contributed by atoms with Gasteiger partial charge in [-0.05, 0) is 48.9 Å². The average Bonchev–Trinajstić information content (AvgIpc) is 3.38. The highest BCUT2D eigenvalue weighted by Crippen LogP contribution is 2.41. The van der Waals surface area contributed by atoms with Crippen LogP contribution in [0, 0.1) is 6.92 Å². The lowest BCUT2D eigenvalue weighted by Crippen LogP contribution is -2.29. The van der Waals surface area contributed by atoms with Crippen molar-refractivity contribution in [3.8, 4) is 5.75 Å². The molecule has 4 heterocycles. The molecular weight excluding hydrogens is 495 g/mol. The maximum atomic E-state index is 13.1. The number of alkyl halides is 2. The van der Waals surface area contributed by atoms with Gasteiger partial charge in [-0.25, -0.2) is 18.8 Å². The summed E-state index contributed by atoms with van der Waals surface area (Å²) in [6.07, 6.45) is -2.70. The summed E-state index contributed by atoms with van der Waals surface area (Å²) in [5.41, 5.74) is 1.27. The van der Waals surface area contributed by atoms with E-state index in [2.05, 4.69) is 15.0 Å². The maximum absolute atomic E-state index is 13.1. The zero-order chi connectivity index (χ0) is 23.3. The van der Waals surface area contributed by atoms with Crippen molar-refractivity contribution < 1.29 is 22.7 Å². The summed E-state index contributed by atoms with van der Waals surface area (Å²) in [6.45, 7) is 1.78. The molecule has 1 aromatic carbocycles.